The molecule has 192 valence electrons. The summed E-state index contributed by atoms with van der Waals surface area (Å²) in [4.78, 5) is 8.24. The SMILES string of the molecule is Cc1ccc(S(=O)(=O)n2cc(-c3ncc(F)c(CC(CC#N)C(C)(C)C)n3)c3cc(F)cc(F)c32)cc1. The molecule has 0 fully saturated rings. The summed E-state index contributed by atoms with van der Waals surface area (Å²) in [5.74, 6) is -3.01. The zero-order valence-corrected chi connectivity index (χ0v) is 21.6. The third kappa shape index (κ3) is 5.09. The Morgan fingerprint density at radius 2 is 1.76 bits per heavy atom. The number of nitriles is 1. The molecule has 2 heterocycles. The lowest BCUT2D eigenvalue weighted by atomic mass is 9.76. The van der Waals surface area contributed by atoms with Gasteiger partial charge in [0.1, 0.15) is 11.3 Å². The minimum Gasteiger partial charge on any atom is -0.237 e. The van der Waals surface area contributed by atoms with E-state index in [9.17, 15) is 22.5 Å². The summed E-state index contributed by atoms with van der Waals surface area (Å²) in [5, 5.41) is 9.16. The highest BCUT2D eigenvalue weighted by Gasteiger charge is 2.28. The largest absolute Gasteiger partial charge is 0.268 e. The summed E-state index contributed by atoms with van der Waals surface area (Å²) in [6.45, 7) is 7.60. The molecule has 2 aromatic carbocycles. The minimum absolute atomic E-state index is 0.0259. The maximum Gasteiger partial charge on any atom is 0.268 e. The Morgan fingerprint density at radius 1 is 1.08 bits per heavy atom. The highest BCUT2D eigenvalue weighted by Crippen LogP contribution is 2.35. The van der Waals surface area contributed by atoms with E-state index in [-0.39, 0.29) is 57.1 Å². The molecule has 37 heavy (non-hydrogen) atoms. The van der Waals surface area contributed by atoms with Gasteiger partial charge in [0.2, 0.25) is 0 Å². The Bertz CT molecular complexity index is 1630. The topological polar surface area (TPSA) is 88.6 Å². The molecule has 0 N–H and O–H groups in total. The van der Waals surface area contributed by atoms with Gasteiger partial charge >= 0.3 is 0 Å². The third-order valence-electron chi connectivity index (χ3n) is 6.42. The van der Waals surface area contributed by atoms with Crippen molar-refractivity contribution in [3.05, 3.63) is 77.5 Å². The van der Waals surface area contributed by atoms with Gasteiger partial charge in [-0.3, -0.25) is 0 Å². The number of benzene rings is 2. The lowest BCUT2D eigenvalue weighted by Crippen LogP contribution is -2.23. The van der Waals surface area contributed by atoms with Crippen LogP contribution in [-0.2, 0) is 16.4 Å². The summed E-state index contributed by atoms with van der Waals surface area (Å²) in [5.41, 5.74) is 0.195. The average Bonchev–Trinajstić information content (AvgIpc) is 3.20. The summed E-state index contributed by atoms with van der Waals surface area (Å²) in [6, 6.07) is 9.72. The lowest BCUT2D eigenvalue weighted by molar-refractivity contribution is 0.239. The van der Waals surface area contributed by atoms with Crippen molar-refractivity contribution >= 4 is 20.9 Å². The molecule has 4 aromatic rings. The van der Waals surface area contributed by atoms with Crippen LogP contribution in [0.4, 0.5) is 13.2 Å². The van der Waals surface area contributed by atoms with Crippen LogP contribution in [-0.4, -0.2) is 22.4 Å². The van der Waals surface area contributed by atoms with Gasteiger partial charge in [-0.25, -0.2) is 35.5 Å². The average molecular weight is 527 g/mol. The Labute approximate surface area is 213 Å². The van der Waals surface area contributed by atoms with Crippen LogP contribution in [0.15, 0.2) is 53.7 Å². The zero-order chi connectivity index (χ0) is 27.1. The van der Waals surface area contributed by atoms with E-state index in [1.165, 1.54) is 12.1 Å². The number of rotatable bonds is 6. The van der Waals surface area contributed by atoms with Gasteiger partial charge in [0.15, 0.2) is 17.5 Å². The van der Waals surface area contributed by atoms with Crippen LogP contribution < -0.4 is 0 Å². The number of aromatic nitrogens is 3. The molecular weight excluding hydrogens is 501 g/mol. The molecule has 0 aliphatic rings. The highest BCUT2D eigenvalue weighted by atomic mass is 32.2. The van der Waals surface area contributed by atoms with Gasteiger partial charge in [0.05, 0.1) is 22.9 Å². The molecule has 0 bridgehead atoms. The fourth-order valence-electron chi connectivity index (χ4n) is 4.14. The molecule has 10 heteroatoms. The van der Waals surface area contributed by atoms with Crippen LogP contribution in [0.3, 0.4) is 0 Å². The van der Waals surface area contributed by atoms with Crippen LogP contribution in [0.2, 0.25) is 0 Å². The maximum absolute atomic E-state index is 15.0. The fourth-order valence-corrected chi connectivity index (χ4v) is 5.52. The first-order chi connectivity index (χ1) is 17.3. The van der Waals surface area contributed by atoms with Crippen LogP contribution in [0.1, 0.15) is 38.4 Å². The summed E-state index contributed by atoms with van der Waals surface area (Å²) in [6.07, 6.45) is 2.36. The zero-order valence-electron chi connectivity index (χ0n) is 20.8. The first kappa shape index (κ1) is 26.4. The van der Waals surface area contributed by atoms with E-state index in [1.54, 1.807) is 19.1 Å². The van der Waals surface area contributed by atoms with Crippen molar-refractivity contribution in [2.75, 3.05) is 0 Å². The van der Waals surface area contributed by atoms with E-state index in [1.807, 2.05) is 20.8 Å². The molecule has 0 amide bonds. The quantitative estimate of drug-likeness (QED) is 0.299. The Kier molecular flexibility index (Phi) is 6.86. The number of hydrogen-bond acceptors (Lipinski definition) is 5. The molecule has 0 spiro atoms. The predicted molar refractivity (Wildman–Crippen MR) is 133 cm³/mol. The monoisotopic (exact) mass is 526 g/mol. The molecule has 0 saturated carbocycles. The second-order valence-electron chi connectivity index (χ2n) is 10.1. The van der Waals surface area contributed by atoms with Crippen LogP contribution in [0.25, 0.3) is 22.3 Å². The molecule has 0 radical (unpaired) electrons. The predicted octanol–water partition coefficient (Wildman–Crippen LogP) is 6.18. The lowest BCUT2D eigenvalue weighted by Gasteiger charge is -2.28. The van der Waals surface area contributed by atoms with E-state index < -0.39 is 27.5 Å². The minimum atomic E-state index is -4.28. The second kappa shape index (κ2) is 9.63. The molecule has 6 nitrogen and oxygen atoms in total. The van der Waals surface area contributed by atoms with Gasteiger partial charge in [-0.2, -0.15) is 5.26 Å². The number of halogens is 3. The Morgan fingerprint density at radius 3 is 2.38 bits per heavy atom. The fraction of sp³-hybridized carbons (Fsp3) is 0.296. The van der Waals surface area contributed by atoms with Crippen molar-refractivity contribution < 1.29 is 21.6 Å². The molecule has 2 aromatic heterocycles. The third-order valence-corrected chi connectivity index (χ3v) is 8.10. The van der Waals surface area contributed by atoms with E-state index in [2.05, 4.69) is 16.0 Å². The van der Waals surface area contributed by atoms with Crippen molar-refractivity contribution in [2.24, 2.45) is 11.3 Å². The normalized spacial score (nSPS) is 13.0. The van der Waals surface area contributed by atoms with Gasteiger partial charge in [0.25, 0.3) is 10.0 Å². The maximum atomic E-state index is 15.0. The summed E-state index contributed by atoms with van der Waals surface area (Å²) in [7, 11) is -4.28. The number of hydrogen-bond donors (Lipinski definition) is 0. The smallest absolute Gasteiger partial charge is 0.237 e. The highest BCUT2D eigenvalue weighted by molar-refractivity contribution is 7.90. The van der Waals surface area contributed by atoms with Crippen molar-refractivity contribution in [2.45, 2.75) is 45.4 Å². The molecule has 0 saturated heterocycles. The standard InChI is InChI=1S/C27H25F3N4O2S/c1-16-5-7-19(8-6-16)37(35,36)34-15-21(20-12-18(28)13-22(29)25(20)34)26-32-14-23(30)24(33-26)11-17(9-10-31)27(2,3)4/h5-8,12-15,17H,9,11H2,1-4H3. The molecule has 1 atom stereocenters. The molecule has 0 aliphatic carbocycles. The van der Waals surface area contributed by atoms with E-state index >= 15 is 4.39 Å². The second-order valence-corrected chi connectivity index (χ2v) is 11.9. The van der Waals surface area contributed by atoms with Crippen molar-refractivity contribution in [3.8, 4) is 17.5 Å². The van der Waals surface area contributed by atoms with E-state index in [0.29, 0.717) is 6.07 Å². The van der Waals surface area contributed by atoms with Gasteiger partial charge in [0, 0.05) is 29.6 Å². The number of fused-ring (bicyclic) bond motifs is 1. The first-order valence-electron chi connectivity index (χ1n) is 11.5. The van der Waals surface area contributed by atoms with Crippen LogP contribution in [0, 0.1) is 47.0 Å². The Balaban J connectivity index is 1.92. The number of nitrogens with zero attached hydrogens (tertiary/aromatic N) is 4. The van der Waals surface area contributed by atoms with Gasteiger partial charge in [-0.1, -0.05) is 38.5 Å². The van der Waals surface area contributed by atoms with Crippen molar-refractivity contribution in [1.82, 2.24) is 13.9 Å². The van der Waals surface area contributed by atoms with Crippen LogP contribution in [0.5, 0.6) is 0 Å². The summed E-state index contributed by atoms with van der Waals surface area (Å²) < 4.78 is 71.7. The Hall–Kier alpha value is -3.71. The molecule has 1 unspecified atom stereocenters. The van der Waals surface area contributed by atoms with Crippen molar-refractivity contribution in [3.63, 3.8) is 0 Å². The summed E-state index contributed by atoms with van der Waals surface area (Å²) >= 11 is 0. The first-order valence-corrected chi connectivity index (χ1v) is 13.0. The van der Waals surface area contributed by atoms with Gasteiger partial charge < -0.3 is 0 Å². The van der Waals surface area contributed by atoms with E-state index in [0.717, 1.165) is 28.0 Å². The van der Waals surface area contributed by atoms with Gasteiger partial charge in [-0.05, 0) is 42.9 Å². The van der Waals surface area contributed by atoms with E-state index in [4.69, 9.17) is 0 Å². The van der Waals surface area contributed by atoms with Gasteiger partial charge in [-0.15, -0.1) is 0 Å². The molecule has 0 aliphatic heterocycles. The van der Waals surface area contributed by atoms with Crippen LogP contribution >= 0.6 is 0 Å². The number of aryl methyl sites for hydroxylation is 1. The molecular formula is C27H25F3N4O2S. The molecule has 4 rings (SSSR count). The van der Waals surface area contributed by atoms with Crippen molar-refractivity contribution in [1.29, 1.82) is 5.26 Å².